The first kappa shape index (κ1) is 23.9. The van der Waals surface area contributed by atoms with Crippen LogP contribution in [-0.4, -0.2) is 73.5 Å². The van der Waals surface area contributed by atoms with Crippen LogP contribution in [0.5, 0.6) is 0 Å². The van der Waals surface area contributed by atoms with Crippen LogP contribution in [0.3, 0.4) is 0 Å². The molecule has 0 radical (unpaired) electrons. The summed E-state index contributed by atoms with van der Waals surface area (Å²) >= 11 is 0. The third-order valence-electron chi connectivity index (χ3n) is 6.38. The fourth-order valence-corrected chi connectivity index (χ4v) is 4.62. The van der Waals surface area contributed by atoms with Gasteiger partial charge < -0.3 is 20.5 Å². The molecule has 0 atom stereocenters. The van der Waals surface area contributed by atoms with Gasteiger partial charge in [0.05, 0.1) is 6.33 Å². The van der Waals surface area contributed by atoms with Crippen molar-refractivity contribution in [1.82, 2.24) is 29.3 Å². The van der Waals surface area contributed by atoms with Gasteiger partial charge in [-0.05, 0) is 46.2 Å². The molecule has 34 heavy (non-hydrogen) atoms. The molecule has 1 fully saturated rings. The molecule has 1 aliphatic heterocycles. The zero-order valence-corrected chi connectivity index (χ0v) is 20.7. The number of carbonyl (C=O) groups is 1. The van der Waals surface area contributed by atoms with Gasteiger partial charge in [0, 0.05) is 62.5 Å². The Morgan fingerprint density at radius 2 is 1.94 bits per heavy atom. The number of fused-ring (bicyclic) bond motifs is 1. The van der Waals surface area contributed by atoms with Crippen LogP contribution in [0.2, 0.25) is 0 Å². The van der Waals surface area contributed by atoms with Gasteiger partial charge in [0.15, 0.2) is 17.3 Å². The zero-order chi connectivity index (χ0) is 24.2. The van der Waals surface area contributed by atoms with Crippen LogP contribution >= 0.6 is 0 Å². The fraction of sp³-hybridized carbons (Fsp3) is 0.520. The van der Waals surface area contributed by atoms with Crippen molar-refractivity contribution in [1.29, 1.82) is 0 Å². The van der Waals surface area contributed by atoms with Crippen molar-refractivity contribution >= 4 is 28.6 Å². The van der Waals surface area contributed by atoms with Gasteiger partial charge in [0.25, 0.3) is 0 Å². The Morgan fingerprint density at radius 1 is 1.15 bits per heavy atom. The zero-order valence-electron chi connectivity index (χ0n) is 20.7. The monoisotopic (exact) mass is 464 g/mol. The molecular weight excluding hydrogens is 428 g/mol. The molecule has 1 saturated heterocycles. The number of nitrogens with one attached hydrogen (secondary N) is 1. The molecule has 9 heteroatoms. The summed E-state index contributed by atoms with van der Waals surface area (Å²) in [4.78, 5) is 30.7. The maximum absolute atomic E-state index is 12.0. The van der Waals surface area contributed by atoms with Gasteiger partial charge in [-0.25, -0.2) is 15.0 Å². The quantitative estimate of drug-likeness (QED) is 0.444. The Hall–Kier alpha value is -3.20. The molecular formula is C25H36N8O. The summed E-state index contributed by atoms with van der Waals surface area (Å²) in [7, 11) is 0. The molecule has 3 heterocycles. The SMILES string of the molecule is CC(C)N(CCNc1nc(-c2cccc(N)c2)nc2c1ncn2CCN1CCCC1=O)C(C)C. The Kier molecular flexibility index (Phi) is 7.31. The standard InChI is InChI=1S/C25H36N8O/c1-17(2)33(18(3)4)12-10-27-24-22-25(30-23(29-24)19-7-5-8-20(26)15-19)32(16-28-22)14-13-31-11-6-9-21(31)34/h5,7-8,15-18H,6,9-14,26H2,1-4H3,(H,27,29,30). The predicted octanol–water partition coefficient (Wildman–Crippen LogP) is 3.23. The van der Waals surface area contributed by atoms with Gasteiger partial charge in [0.2, 0.25) is 5.91 Å². The molecule has 1 aromatic carbocycles. The van der Waals surface area contributed by atoms with Crippen molar-refractivity contribution in [2.75, 3.05) is 37.2 Å². The van der Waals surface area contributed by atoms with E-state index in [1.165, 1.54) is 0 Å². The van der Waals surface area contributed by atoms with Crippen molar-refractivity contribution in [3.8, 4) is 11.4 Å². The Bertz CT molecular complexity index is 1130. The number of nitrogens with zero attached hydrogens (tertiary/aromatic N) is 6. The van der Waals surface area contributed by atoms with Gasteiger partial charge in [-0.2, -0.15) is 0 Å². The summed E-state index contributed by atoms with van der Waals surface area (Å²) in [6.07, 6.45) is 3.37. The summed E-state index contributed by atoms with van der Waals surface area (Å²) in [5.74, 6) is 1.54. The van der Waals surface area contributed by atoms with E-state index >= 15 is 0 Å². The molecule has 0 saturated carbocycles. The number of benzene rings is 1. The number of amides is 1. The summed E-state index contributed by atoms with van der Waals surface area (Å²) < 4.78 is 2.01. The lowest BCUT2D eigenvalue weighted by Gasteiger charge is -2.30. The number of carbonyl (C=O) groups excluding carboxylic acids is 1. The molecule has 0 unspecified atom stereocenters. The number of hydrogen-bond acceptors (Lipinski definition) is 7. The summed E-state index contributed by atoms with van der Waals surface area (Å²) in [6, 6.07) is 8.53. The molecule has 1 aliphatic rings. The van der Waals surface area contributed by atoms with Crippen LogP contribution < -0.4 is 11.1 Å². The molecule has 3 N–H and O–H groups in total. The molecule has 9 nitrogen and oxygen atoms in total. The smallest absolute Gasteiger partial charge is 0.222 e. The number of hydrogen-bond donors (Lipinski definition) is 2. The first-order valence-electron chi connectivity index (χ1n) is 12.2. The van der Waals surface area contributed by atoms with Crippen molar-refractivity contribution in [3.05, 3.63) is 30.6 Å². The highest BCUT2D eigenvalue weighted by molar-refractivity contribution is 5.85. The van der Waals surface area contributed by atoms with E-state index in [4.69, 9.17) is 15.7 Å². The lowest BCUT2D eigenvalue weighted by atomic mass is 10.2. The number of nitrogens with two attached hydrogens (primary N) is 1. The summed E-state index contributed by atoms with van der Waals surface area (Å²) in [5, 5.41) is 3.51. The Labute approximate surface area is 201 Å². The number of rotatable bonds is 10. The third kappa shape index (κ3) is 5.30. The summed E-state index contributed by atoms with van der Waals surface area (Å²) in [6.45, 7) is 12.6. The van der Waals surface area contributed by atoms with E-state index in [0.29, 0.717) is 48.9 Å². The van der Waals surface area contributed by atoms with E-state index in [1.54, 1.807) is 6.33 Å². The molecule has 2 aromatic heterocycles. The predicted molar refractivity (Wildman–Crippen MR) is 136 cm³/mol. The lowest BCUT2D eigenvalue weighted by Crippen LogP contribution is -2.40. The van der Waals surface area contributed by atoms with Gasteiger partial charge in [-0.3, -0.25) is 9.69 Å². The highest BCUT2D eigenvalue weighted by Gasteiger charge is 2.21. The minimum absolute atomic E-state index is 0.224. The van der Waals surface area contributed by atoms with Crippen LogP contribution in [0, 0.1) is 0 Å². The lowest BCUT2D eigenvalue weighted by molar-refractivity contribution is -0.127. The molecule has 4 rings (SSSR count). The molecule has 0 spiro atoms. The highest BCUT2D eigenvalue weighted by Crippen LogP contribution is 2.25. The van der Waals surface area contributed by atoms with E-state index in [1.807, 2.05) is 33.7 Å². The van der Waals surface area contributed by atoms with E-state index in [9.17, 15) is 4.79 Å². The average molecular weight is 465 g/mol. The average Bonchev–Trinajstić information content (AvgIpc) is 3.40. The third-order valence-corrected chi connectivity index (χ3v) is 6.38. The number of imidazole rings is 1. The van der Waals surface area contributed by atoms with Crippen molar-refractivity contribution < 1.29 is 4.79 Å². The number of nitrogen functional groups attached to an aromatic ring is 1. The molecule has 3 aromatic rings. The van der Waals surface area contributed by atoms with E-state index in [-0.39, 0.29) is 5.91 Å². The van der Waals surface area contributed by atoms with Crippen molar-refractivity contribution in [3.63, 3.8) is 0 Å². The van der Waals surface area contributed by atoms with E-state index in [2.05, 4.69) is 42.9 Å². The minimum atomic E-state index is 0.224. The summed E-state index contributed by atoms with van der Waals surface area (Å²) in [5.41, 5.74) is 9.05. The molecule has 1 amide bonds. The van der Waals surface area contributed by atoms with Gasteiger partial charge >= 0.3 is 0 Å². The van der Waals surface area contributed by atoms with Crippen LogP contribution in [0.4, 0.5) is 11.5 Å². The van der Waals surface area contributed by atoms with Crippen molar-refractivity contribution in [2.45, 2.75) is 59.2 Å². The number of anilines is 2. The second-order valence-corrected chi connectivity index (χ2v) is 9.47. The second kappa shape index (κ2) is 10.4. The van der Waals surface area contributed by atoms with Gasteiger partial charge in [-0.1, -0.05) is 12.1 Å². The van der Waals surface area contributed by atoms with E-state index in [0.717, 1.165) is 42.8 Å². The Morgan fingerprint density at radius 3 is 2.62 bits per heavy atom. The maximum atomic E-state index is 12.0. The highest BCUT2D eigenvalue weighted by atomic mass is 16.2. The van der Waals surface area contributed by atoms with Gasteiger partial charge in [0.1, 0.15) is 5.52 Å². The van der Waals surface area contributed by atoms with Crippen LogP contribution in [0.25, 0.3) is 22.6 Å². The van der Waals surface area contributed by atoms with Crippen LogP contribution in [0.15, 0.2) is 30.6 Å². The second-order valence-electron chi connectivity index (χ2n) is 9.47. The number of aromatic nitrogens is 4. The van der Waals surface area contributed by atoms with E-state index < -0.39 is 0 Å². The first-order chi connectivity index (χ1) is 16.3. The topological polar surface area (TPSA) is 105 Å². The minimum Gasteiger partial charge on any atom is -0.399 e. The van der Waals surface area contributed by atoms with Crippen molar-refractivity contribution in [2.24, 2.45) is 0 Å². The van der Waals surface area contributed by atoms with Crippen LogP contribution in [0.1, 0.15) is 40.5 Å². The van der Waals surface area contributed by atoms with Gasteiger partial charge in [-0.15, -0.1) is 0 Å². The number of likely N-dealkylation sites (tertiary alicyclic amines) is 1. The fourth-order valence-electron chi connectivity index (χ4n) is 4.62. The maximum Gasteiger partial charge on any atom is 0.222 e. The molecule has 0 aliphatic carbocycles. The largest absolute Gasteiger partial charge is 0.399 e. The van der Waals surface area contributed by atoms with Crippen LogP contribution in [-0.2, 0) is 11.3 Å². The normalized spacial score (nSPS) is 14.3. The first-order valence-corrected chi connectivity index (χ1v) is 12.2. The molecule has 182 valence electrons. The molecule has 0 bridgehead atoms. The Balaban J connectivity index is 1.63.